The number of ether oxygens (including phenoxy) is 1. The standard InChI is InChI=1S/C76H149NO5/c1-3-5-7-9-11-13-15-17-19-21-23-24-29-33-36-40-44-48-52-56-60-64-68-74(79)73(72-78)77-75(80)69-65-61-57-53-49-45-41-37-34-30-27-25-26-28-31-35-39-43-47-51-55-59-63-67-71-82-76(81)70-66-62-58-54-50-46-42-38-32-22-20-18-16-14-12-10-8-6-4-2/h18,20,73-74,78-79H,3-17,19,21-72H2,1-2H3,(H,77,80)/b20-18-. The summed E-state index contributed by atoms with van der Waals surface area (Å²) in [5.74, 6) is -0.0117. The van der Waals surface area contributed by atoms with E-state index in [1.54, 1.807) is 0 Å². The van der Waals surface area contributed by atoms with Gasteiger partial charge in [-0.15, -0.1) is 0 Å². The summed E-state index contributed by atoms with van der Waals surface area (Å²) in [5.41, 5.74) is 0. The number of allylic oxidation sites excluding steroid dienone is 2. The first-order valence-electron chi connectivity index (χ1n) is 37.9. The van der Waals surface area contributed by atoms with E-state index in [1.807, 2.05) is 0 Å². The first kappa shape index (κ1) is 80.6. The van der Waals surface area contributed by atoms with Crippen LogP contribution in [0.15, 0.2) is 12.2 Å². The van der Waals surface area contributed by atoms with Gasteiger partial charge in [0.1, 0.15) is 0 Å². The summed E-state index contributed by atoms with van der Waals surface area (Å²) in [6, 6.07) is -0.541. The lowest BCUT2D eigenvalue weighted by Gasteiger charge is -2.22. The van der Waals surface area contributed by atoms with Crippen LogP contribution in [-0.4, -0.2) is 47.4 Å². The largest absolute Gasteiger partial charge is 0.466 e. The highest BCUT2D eigenvalue weighted by atomic mass is 16.5. The Morgan fingerprint density at radius 3 is 0.866 bits per heavy atom. The molecule has 0 aliphatic carbocycles. The molecule has 488 valence electrons. The van der Waals surface area contributed by atoms with Crippen molar-refractivity contribution in [2.24, 2.45) is 0 Å². The van der Waals surface area contributed by atoms with E-state index in [4.69, 9.17) is 4.74 Å². The summed E-state index contributed by atoms with van der Waals surface area (Å²) in [6.45, 7) is 5.00. The molecule has 0 saturated heterocycles. The first-order chi connectivity index (χ1) is 40.5. The van der Waals surface area contributed by atoms with Crippen LogP contribution in [0.1, 0.15) is 438 Å². The zero-order chi connectivity index (χ0) is 59.2. The summed E-state index contributed by atoms with van der Waals surface area (Å²) < 4.78 is 5.51. The predicted molar refractivity (Wildman–Crippen MR) is 361 cm³/mol. The predicted octanol–water partition coefficient (Wildman–Crippen LogP) is 24.7. The SMILES string of the molecule is CCCCCCCC/C=C\CCCCCCCCCCCC(=O)OCCCCCCCCCCCCCCCCCCCCCCCCCCC(=O)NC(CO)C(O)CCCCCCCCCCCCCCCCCCCCCCCC. The molecule has 0 saturated carbocycles. The third-order valence-corrected chi connectivity index (χ3v) is 18.1. The van der Waals surface area contributed by atoms with Crippen molar-refractivity contribution < 1.29 is 24.5 Å². The third-order valence-electron chi connectivity index (χ3n) is 18.1. The zero-order valence-electron chi connectivity index (χ0n) is 56.0. The van der Waals surface area contributed by atoms with Gasteiger partial charge in [0.25, 0.3) is 0 Å². The fourth-order valence-electron chi connectivity index (χ4n) is 12.3. The number of carbonyl (C=O) groups is 2. The van der Waals surface area contributed by atoms with E-state index in [1.165, 1.54) is 366 Å². The second-order valence-electron chi connectivity index (χ2n) is 26.3. The lowest BCUT2D eigenvalue weighted by atomic mass is 10.0. The van der Waals surface area contributed by atoms with E-state index in [0.29, 0.717) is 25.9 Å². The molecule has 0 bridgehead atoms. The topological polar surface area (TPSA) is 95.9 Å². The number of unbranched alkanes of at least 4 members (excludes halogenated alkanes) is 59. The minimum absolute atomic E-state index is 0.0166. The summed E-state index contributed by atoms with van der Waals surface area (Å²) in [4.78, 5) is 24.7. The van der Waals surface area contributed by atoms with E-state index in [2.05, 4.69) is 31.3 Å². The van der Waals surface area contributed by atoms with Gasteiger partial charge in [-0.25, -0.2) is 0 Å². The maximum absolute atomic E-state index is 12.6. The molecule has 2 unspecified atom stereocenters. The summed E-state index contributed by atoms with van der Waals surface area (Å²) >= 11 is 0. The van der Waals surface area contributed by atoms with Gasteiger partial charge in [-0.3, -0.25) is 9.59 Å². The van der Waals surface area contributed by atoms with Crippen molar-refractivity contribution in [3.8, 4) is 0 Å². The number of esters is 1. The van der Waals surface area contributed by atoms with E-state index in [9.17, 15) is 19.8 Å². The first-order valence-corrected chi connectivity index (χ1v) is 37.9. The Balaban J connectivity index is 3.35. The molecule has 6 heteroatoms. The van der Waals surface area contributed by atoms with Crippen LogP contribution in [0.5, 0.6) is 0 Å². The van der Waals surface area contributed by atoms with Gasteiger partial charge in [-0.2, -0.15) is 0 Å². The van der Waals surface area contributed by atoms with Crippen molar-refractivity contribution in [2.45, 2.75) is 450 Å². The smallest absolute Gasteiger partial charge is 0.305 e. The molecule has 0 heterocycles. The van der Waals surface area contributed by atoms with Gasteiger partial charge in [0.15, 0.2) is 0 Å². The van der Waals surface area contributed by atoms with Gasteiger partial charge >= 0.3 is 5.97 Å². The molecule has 0 fully saturated rings. The second-order valence-corrected chi connectivity index (χ2v) is 26.3. The maximum atomic E-state index is 12.6. The monoisotopic (exact) mass is 1160 g/mol. The number of rotatable bonds is 72. The van der Waals surface area contributed by atoms with E-state index < -0.39 is 12.1 Å². The highest BCUT2D eigenvalue weighted by molar-refractivity contribution is 5.76. The van der Waals surface area contributed by atoms with Crippen molar-refractivity contribution in [1.29, 1.82) is 0 Å². The number of aliphatic hydroxyl groups is 2. The molecule has 0 aliphatic rings. The quantitative estimate of drug-likeness (QED) is 0.0320. The summed E-state index contributed by atoms with van der Waals surface area (Å²) in [5, 5.41) is 23.5. The Morgan fingerprint density at radius 2 is 0.573 bits per heavy atom. The van der Waals surface area contributed by atoms with Gasteiger partial charge in [-0.1, -0.05) is 386 Å². The van der Waals surface area contributed by atoms with E-state index in [-0.39, 0.29) is 18.5 Å². The van der Waals surface area contributed by atoms with Crippen LogP contribution < -0.4 is 5.32 Å². The van der Waals surface area contributed by atoms with E-state index >= 15 is 0 Å². The Morgan fingerprint density at radius 1 is 0.329 bits per heavy atom. The number of hydrogen-bond acceptors (Lipinski definition) is 5. The second kappa shape index (κ2) is 72.1. The highest BCUT2D eigenvalue weighted by Crippen LogP contribution is 2.20. The highest BCUT2D eigenvalue weighted by Gasteiger charge is 2.20. The molecule has 0 aromatic carbocycles. The van der Waals surface area contributed by atoms with Gasteiger partial charge in [-0.05, 0) is 51.4 Å². The van der Waals surface area contributed by atoms with Crippen molar-refractivity contribution in [1.82, 2.24) is 5.32 Å². The number of carbonyl (C=O) groups excluding carboxylic acids is 2. The zero-order valence-corrected chi connectivity index (χ0v) is 56.0. The molecular formula is C76H149NO5. The molecular weight excluding hydrogens is 1010 g/mol. The minimum Gasteiger partial charge on any atom is -0.466 e. The molecule has 0 aliphatic heterocycles. The van der Waals surface area contributed by atoms with Crippen LogP contribution in [0.3, 0.4) is 0 Å². The van der Waals surface area contributed by atoms with Crippen LogP contribution in [0.4, 0.5) is 0 Å². The fraction of sp³-hybridized carbons (Fsp3) is 0.947. The molecule has 0 rings (SSSR count). The van der Waals surface area contributed by atoms with Crippen LogP contribution in [0.25, 0.3) is 0 Å². The normalized spacial score (nSPS) is 12.5. The van der Waals surface area contributed by atoms with E-state index in [0.717, 1.165) is 38.5 Å². The van der Waals surface area contributed by atoms with Crippen molar-refractivity contribution in [2.75, 3.05) is 13.2 Å². The number of nitrogens with one attached hydrogen (secondary N) is 1. The number of hydrogen-bond donors (Lipinski definition) is 3. The maximum Gasteiger partial charge on any atom is 0.305 e. The minimum atomic E-state index is -0.664. The molecule has 1 amide bonds. The Labute approximate surface area is 514 Å². The van der Waals surface area contributed by atoms with Gasteiger partial charge in [0, 0.05) is 12.8 Å². The molecule has 0 radical (unpaired) electrons. The molecule has 6 nitrogen and oxygen atoms in total. The molecule has 0 aromatic heterocycles. The number of amides is 1. The fourth-order valence-corrected chi connectivity index (χ4v) is 12.3. The average Bonchev–Trinajstić information content (AvgIpc) is 3.48. The lowest BCUT2D eigenvalue weighted by Crippen LogP contribution is -2.45. The molecule has 0 aromatic rings. The van der Waals surface area contributed by atoms with Crippen molar-refractivity contribution >= 4 is 11.9 Å². The molecule has 0 spiro atoms. The summed E-state index contributed by atoms with van der Waals surface area (Å²) in [6.07, 6.45) is 89.9. The lowest BCUT2D eigenvalue weighted by molar-refractivity contribution is -0.143. The molecule has 2 atom stereocenters. The number of aliphatic hydroxyl groups excluding tert-OH is 2. The van der Waals surface area contributed by atoms with Gasteiger partial charge in [0.2, 0.25) is 5.91 Å². The average molecular weight is 1160 g/mol. The Hall–Kier alpha value is -1.40. The third kappa shape index (κ3) is 67.7. The van der Waals surface area contributed by atoms with Crippen LogP contribution >= 0.6 is 0 Å². The molecule has 3 N–H and O–H groups in total. The van der Waals surface area contributed by atoms with Crippen molar-refractivity contribution in [3.05, 3.63) is 12.2 Å². The Bertz CT molecular complexity index is 1240. The summed E-state index contributed by atoms with van der Waals surface area (Å²) in [7, 11) is 0. The Kier molecular flexibility index (Phi) is 70.8. The van der Waals surface area contributed by atoms with Crippen LogP contribution in [0, 0.1) is 0 Å². The van der Waals surface area contributed by atoms with Crippen LogP contribution in [0.2, 0.25) is 0 Å². The van der Waals surface area contributed by atoms with Gasteiger partial charge < -0.3 is 20.3 Å². The molecule has 82 heavy (non-hydrogen) atoms. The van der Waals surface area contributed by atoms with Crippen molar-refractivity contribution in [3.63, 3.8) is 0 Å². The van der Waals surface area contributed by atoms with Gasteiger partial charge in [0.05, 0.1) is 25.4 Å². The van der Waals surface area contributed by atoms with Crippen LogP contribution in [-0.2, 0) is 14.3 Å².